The van der Waals surface area contributed by atoms with Gasteiger partial charge in [-0.25, -0.2) is 4.79 Å². The van der Waals surface area contributed by atoms with Crippen LogP contribution in [0.3, 0.4) is 0 Å². The van der Waals surface area contributed by atoms with E-state index in [2.05, 4.69) is 5.32 Å². The van der Waals surface area contributed by atoms with E-state index in [9.17, 15) is 24.8 Å². The lowest BCUT2D eigenvalue weighted by atomic mass is 9.99. The summed E-state index contributed by atoms with van der Waals surface area (Å²) < 4.78 is 9.73. The largest absolute Gasteiger partial charge is 0.508 e. The van der Waals surface area contributed by atoms with Crippen LogP contribution in [0.5, 0.6) is 11.5 Å². The molecule has 0 aliphatic rings. The van der Waals surface area contributed by atoms with E-state index >= 15 is 0 Å². The van der Waals surface area contributed by atoms with Gasteiger partial charge in [0.25, 0.3) is 5.69 Å². The molecule has 0 aliphatic carbocycles. The number of carbonyl (C=O) groups excluding carboxylic acids is 2. The summed E-state index contributed by atoms with van der Waals surface area (Å²) in [5.74, 6) is -1.19. The van der Waals surface area contributed by atoms with Crippen LogP contribution in [-0.2, 0) is 9.53 Å². The molecular formula is C17H16N2O7. The number of hydrogen-bond acceptors (Lipinski definition) is 7. The first-order valence-electron chi connectivity index (χ1n) is 7.47. The third kappa shape index (κ3) is 4.94. The van der Waals surface area contributed by atoms with E-state index in [1.807, 2.05) is 0 Å². The number of nitro groups is 1. The average molecular weight is 360 g/mol. The summed E-state index contributed by atoms with van der Waals surface area (Å²) in [6.45, 7) is -0.0940. The lowest BCUT2D eigenvalue weighted by Gasteiger charge is -2.16. The predicted octanol–water partition coefficient (Wildman–Crippen LogP) is 2.35. The van der Waals surface area contributed by atoms with Crippen LogP contribution < -0.4 is 10.1 Å². The van der Waals surface area contributed by atoms with Crippen LogP contribution in [0.15, 0.2) is 48.5 Å². The van der Waals surface area contributed by atoms with E-state index in [1.165, 1.54) is 43.5 Å². The van der Waals surface area contributed by atoms with Gasteiger partial charge in [-0.15, -0.1) is 0 Å². The van der Waals surface area contributed by atoms with Crippen LogP contribution in [0.1, 0.15) is 11.5 Å². The smallest absolute Gasteiger partial charge is 0.412 e. The summed E-state index contributed by atoms with van der Waals surface area (Å²) in [6.07, 6.45) is -0.827. The van der Waals surface area contributed by atoms with Gasteiger partial charge in [0.05, 0.1) is 18.0 Å². The molecule has 1 unspecified atom stereocenters. The molecule has 1 atom stereocenters. The van der Waals surface area contributed by atoms with Crippen molar-refractivity contribution in [2.24, 2.45) is 0 Å². The maximum Gasteiger partial charge on any atom is 0.412 e. The van der Waals surface area contributed by atoms with Crippen molar-refractivity contribution < 1.29 is 29.1 Å². The summed E-state index contributed by atoms with van der Waals surface area (Å²) in [5, 5.41) is 22.3. The third-order valence-corrected chi connectivity index (χ3v) is 3.49. The number of aromatic hydroxyl groups is 1. The maximum absolute atomic E-state index is 11.9. The van der Waals surface area contributed by atoms with Crippen molar-refractivity contribution >= 4 is 17.7 Å². The van der Waals surface area contributed by atoms with Crippen LogP contribution >= 0.6 is 0 Å². The zero-order valence-electron chi connectivity index (χ0n) is 13.7. The normalized spacial score (nSPS) is 11.3. The Labute approximate surface area is 148 Å². The van der Waals surface area contributed by atoms with Gasteiger partial charge in [0.2, 0.25) is 0 Å². The standard InChI is InChI=1S/C17H16N2O7/c1-25-16(21)15(11-2-6-13(20)7-3-11)10-18-17(22)26-14-8-4-12(5-9-14)19(23)24/h2-9,15,20H,10H2,1H3,(H,18,22). The molecule has 0 radical (unpaired) electrons. The number of nitrogens with one attached hydrogen (secondary N) is 1. The van der Waals surface area contributed by atoms with Gasteiger partial charge in [0, 0.05) is 18.7 Å². The SMILES string of the molecule is COC(=O)C(CNC(=O)Oc1ccc([N+](=O)[O-])cc1)c1ccc(O)cc1. The van der Waals surface area contributed by atoms with Crippen LogP contribution in [0.25, 0.3) is 0 Å². The number of hydrogen-bond donors (Lipinski definition) is 2. The maximum atomic E-state index is 11.9. The monoisotopic (exact) mass is 360 g/mol. The predicted molar refractivity (Wildman–Crippen MR) is 90.0 cm³/mol. The molecule has 0 aromatic heterocycles. The Morgan fingerprint density at radius 1 is 1.15 bits per heavy atom. The van der Waals surface area contributed by atoms with Crippen molar-refractivity contribution in [3.63, 3.8) is 0 Å². The number of phenolic OH excluding ortho intramolecular Hbond substituents is 1. The minimum atomic E-state index is -0.827. The second kappa shape index (κ2) is 8.47. The van der Waals surface area contributed by atoms with Crippen LogP contribution in [0.4, 0.5) is 10.5 Å². The van der Waals surface area contributed by atoms with Gasteiger partial charge in [0.1, 0.15) is 11.5 Å². The molecule has 2 N–H and O–H groups in total. The second-order valence-electron chi connectivity index (χ2n) is 5.19. The summed E-state index contributed by atoms with van der Waals surface area (Å²) in [5.41, 5.74) is 0.418. The van der Waals surface area contributed by atoms with Crippen molar-refractivity contribution in [3.05, 3.63) is 64.2 Å². The fraction of sp³-hybridized carbons (Fsp3) is 0.176. The average Bonchev–Trinajstić information content (AvgIpc) is 2.63. The molecule has 136 valence electrons. The highest BCUT2D eigenvalue weighted by Crippen LogP contribution is 2.20. The Morgan fingerprint density at radius 2 is 1.77 bits per heavy atom. The van der Waals surface area contributed by atoms with Gasteiger partial charge in [0.15, 0.2) is 0 Å². The molecule has 9 nitrogen and oxygen atoms in total. The quantitative estimate of drug-likeness (QED) is 0.459. The summed E-state index contributed by atoms with van der Waals surface area (Å²) in [7, 11) is 1.23. The highest BCUT2D eigenvalue weighted by atomic mass is 16.6. The molecule has 0 aliphatic heterocycles. The number of nitrogens with zero attached hydrogens (tertiary/aromatic N) is 1. The van der Waals surface area contributed by atoms with Gasteiger partial charge in [-0.3, -0.25) is 14.9 Å². The van der Waals surface area contributed by atoms with Crippen molar-refractivity contribution in [3.8, 4) is 11.5 Å². The topological polar surface area (TPSA) is 128 Å². The third-order valence-electron chi connectivity index (χ3n) is 3.49. The molecule has 0 fully saturated rings. The van der Waals surface area contributed by atoms with Crippen molar-refractivity contribution in [1.82, 2.24) is 5.32 Å². The number of carbonyl (C=O) groups is 2. The Kier molecular flexibility index (Phi) is 6.10. The Balaban J connectivity index is 1.99. The number of benzene rings is 2. The van der Waals surface area contributed by atoms with Crippen LogP contribution in [0, 0.1) is 10.1 Å². The van der Waals surface area contributed by atoms with E-state index in [-0.39, 0.29) is 23.7 Å². The second-order valence-corrected chi connectivity index (χ2v) is 5.19. The highest BCUT2D eigenvalue weighted by Gasteiger charge is 2.22. The molecule has 2 rings (SSSR count). The number of rotatable bonds is 6. The number of phenols is 1. The number of amides is 1. The van der Waals surface area contributed by atoms with Gasteiger partial charge in [-0.05, 0) is 29.8 Å². The summed E-state index contributed by atoms with van der Waals surface area (Å²) >= 11 is 0. The molecule has 26 heavy (non-hydrogen) atoms. The Hall–Kier alpha value is -3.62. The van der Waals surface area contributed by atoms with Crippen LogP contribution in [0.2, 0.25) is 0 Å². The van der Waals surface area contributed by atoms with Crippen molar-refractivity contribution in [2.45, 2.75) is 5.92 Å². The van der Waals surface area contributed by atoms with E-state index in [4.69, 9.17) is 9.47 Å². The van der Waals surface area contributed by atoms with Crippen molar-refractivity contribution in [1.29, 1.82) is 0 Å². The lowest BCUT2D eigenvalue weighted by molar-refractivity contribution is -0.384. The molecule has 2 aromatic rings. The van der Waals surface area contributed by atoms with Gasteiger partial charge >= 0.3 is 12.1 Å². The first-order chi connectivity index (χ1) is 12.4. The number of esters is 1. The molecule has 9 heteroatoms. The van der Waals surface area contributed by atoms with Gasteiger partial charge < -0.3 is 19.9 Å². The molecular weight excluding hydrogens is 344 g/mol. The Morgan fingerprint density at radius 3 is 2.31 bits per heavy atom. The molecule has 0 saturated heterocycles. The molecule has 1 amide bonds. The van der Waals surface area contributed by atoms with Crippen molar-refractivity contribution in [2.75, 3.05) is 13.7 Å². The first kappa shape index (κ1) is 18.7. The number of non-ortho nitro benzene ring substituents is 1. The lowest BCUT2D eigenvalue weighted by Crippen LogP contribution is -2.34. The van der Waals surface area contributed by atoms with Gasteiger partial charge in [-0.1, -0.05) is 12.1 Å². The number of nitro benzene ring substituents is 1. The highest BCUT2D eigenvalue weighted by molar-refractivity contribution is 5.79. The zero-order valence-corrected chi connectivity index (χ0v) is 13.7. The van der Waals surface area contributed by atoms with E-state index in [0.717, 1.165) is 0 Å². The Bertz CT molecular complexity index is 788. The molecule has 2 aromatic carbocycles. The van der Waals surface area contributed by atoms with E-state index < -0.39 is 22.9 Å². The minimum Gasteiger partial charge on any atom is -0.508 e. The summed E-state index contributed by atoms with van der Waals surface area (Å²) in [6, 6.07) is 10.9. The molecule has 0 saturated carbocycles. The molecule has 0 bridgehead atoms. The number of methoxy groups -OCH3 is 1. The molecule has 0 spiro atoms. The fourth-order valence-electron chi connectivity index (χ4n) is 2.15. The zero-order chi connectivity index (χ0) is 19.1. The van der Waals surface area contributed by atoms with E-state index in [1.54, 1.807) is 12.1 Å². The van der Waals surface area contributed by atoms with Crippen LogP contribution in [-0.4, -0.2) is 35.7 Å². The van der Waals surface area contributed by atoms with Gasteiger partial charge in [-0.2, -0.15) is 0 Å². The molecule has 0 heterocycles. The first-order valence-corrected chi connectivity index (χ1v) is 7.47. The minimum absolute atomic E-state index is 0.0444. The summed E-state index contributed by atoms with van der Waals surface area (Å²) in [4.78, 5) is 33.8. The number of ether oxygens (including phenoxy) is 2. The fourth-order valence-corrected chi connectivity index (χ4v) is 2.15. The van der Waals surface area contributed by atoms with E-state index in [0.29, 0.717) is 5.56 Å².